The SMILES string of the molecule is CN(C)CC(=O)N1CCN(c2ccc(OC[C@H]3CO[C@](Cn4ccnc4)(c4ccc(Cl)cc4Cl)O3)cc2)CC1. The zero-order valence-corrected chi connectivity index (χ0v) is 23.6. The van der Waals surface area contributed by atoms with Gasteiger partial charge in [0.15, 0.2) is 0 Å². The number of rotatable bonds is 9. The number of imidazole rings is 1. The third-order valence-corrected chi connectivity index (χ3v) is 7.42. The van der Waals surface area contributed by atoms with Gasteiger partial charge in [-0.15, -0.1) is 0 Å². The number of amides is 1. The zero-order chi connectivity index (χ0) is 27.4. The van der Waals surface area contributed by atoms with E-state index in [0.29, 0.717) is 41.9 Å². The number of anilines is 1. The van der Waals surface area contributed by atoms with E-state index in [-0.39, 0.29) is 12.0 Å². The minimum Gasteiger partial charge on any atom is -0.491 e. The maximum atomic E-state index is 12.3. The first-order valence-electron chi connectivity index (χ1n) is 12.9. The zero-order valence-electron chi connectivity index (χ0n) is 22.1. The molecule has 0 saturated carbocycles. The van der Waals surface area contributed by atoms with E-state index in [1.807, 2.05) is 52.9 Å². The van der Waals surface area contributed by atoms with Crippen LogP contribution in [0.15, 0.2) is 61.2 Å². The number of aromatic nitrogens is 2. The van der Waals surface area contributed by atoms with Crippen molar-refractivity contribution in [1.29, 1.82) is 0 Å². The Morgan fingerprint density at radius 3 is 2.56 bits per heavy atom. The monoisotopic (exact) mass is 573 g/mol. The molecule has 0 aliphatic carbocycles. The van der Waals surface area contributed by atoms with E-state index in [0.717, 1.165) is 37.6 Å². The van der Waals surface area contributed by atoms with Crippen molar-refractivity contribution in [2.45, 2.75) is 18.4 Å². The predicted octanol–water partition coefficient (Wildman–Crippen LogP) is 3.75. The molecule has 2 fully saturated rings. The van der Waals surface area contributed by atoms with Crippen LogP contribution in [0.25, 0.3) is 0 Å². The van der Waals surface area contributed by atoms with Crippen molar-refractivity contribution in [3.8, 4) is 5.75 Å². The number of carbonyl (C=O) groups is 1. The fourth-order valence-electron chi connectivity index (χ4n) is 4.90. The number of benzene rings is 2. The first kappa shape index (κ1) is 27.7. The highest BCUT2D eigenvalue weighted by molar-refractivity contribution is 6.35. The molecule has 1 amide bonds. The van der Waals surface area contributed by atoms with Crippen molar-refractivity contribution in [1.82, 2.24) is 19.4 Å². The molecular formula is C28H33Cl2N5O4. The number of ether oxygens (including phenoxy) is 3. The molecule has 1 aromatic heterocycles. The van der Waals surface area contributed by atoms with Crippen LogP contribution in [0.5, 0.6) is 5.75 Å². The molecular weight excluding hydrogens is 541 g/mol. The molecule has 2 saturated heterocycles. The third-order valence-electron chi connectivity index (χ3n) is 6.87. The van der Waals surface area contributed by atoms with Crippen molar-refractivity contribution < 1.29 is 19.0 Å². The van der Waals surface area contributed by atoms with Gasteiger partial charge in [-0.3, -0.25) is 4.79 Å². The van der Waals surface area contributed by atoms with Crippen LogP contribution < -0.4 is 9.64 Å². The predicted molar refractivity (Wildman–Crippen MR) is 150 cm³/mol. The molecule has 11 heteroatoms. The Hall–Kier alpha value is -2.82. The Morgan fingerprint density at radius 1 is 1.13 bits per heavy atom. The van der Waals surface area contributed by atoms with E-state index in [4.69, 9.17) is 37.4 Å². The van der Waals surface area contributed by atoms with Gasteiger partial charge in [-0.2, -0.15) is 0 Å². The Morgan fingerprint density at radius 2 is 1.90 bits per heavy atom. The van der Waals surface area contributed by atoms with Gasteiger partial charge in [-0.25, -0.2) is 4.98 Å². The lowest BCUT2D eigenvalue weighted by molar-refractivity contribution is -0.189. The van der Waals surface area contributed by atoms with Crippen LogP contribution in [0.4, 0.5) is 5.69 Å². The fraction of sp³-hybridized carbons (Fsp3) is 0.429. The molecule has 5 rings (SSSR count). The molecule has 0 bridgehead atoms. The molecule has 39 heavy (non-hydrogen) atoms. The van der Waals surface area contributed by atoms with Gasteiger partial charge < -0.3 is 33.5 Å². The molecule has 208 valence electrons. The molecule has 2 aliphatic rings. The van der Waals surface area contributed by atoms with Crippen molar-refractivity contribution in [2.75, 3.05) is 64.9 Å². The standard InChI is InChI=1S/C28H33Cl2N5O4/c1-32(2)16-27(36)35-13-11-34(12-14-35)22-4-6-23(7-5-22)37-17-24-18-38-28(39-24,19-33-10-9-31-20-33)25-8-3-21(29)15-26(25)30/h3-10,15,20,24H,11-14,16-19H2,1-2H3/t24-,28-/m0/s1. The van der Waals surface area contributed by atoms with Crippen LogP contribution in [0.2, 0.25) is 10.0 Å². The number of hydrogen-bond acceptors (Lipinski definition) is 7. The summed E-state index contributed by atoms with van der Waals surface area (Å²) in [5.41, 5.74) is 1.82. The molecule has 0 unspecified atom stereocenters. The molecule has 2 atom stereocenters. The quantitative estimate of drug-likeness (QED) is 0.386. The number of likely N-dealkylation sites (N-methyl/N-ethyl adjacent to an activating group) is 1. The first-order valence-corrected chi connectivity index (χ1v) is 13.7. The third kappa shape index (κ3) is 6.67. The summed E-state index contributed by atoms with van der Waals surface area (Å²) in [5, 5.41) is 1.02. The van der Waals surface area contributed by atoms with Gasteiger partial charge in [-0.05, 0) is 50.5 Å². The van der Waals surface area contributed by atoms with E-state index in [1.165, 1.54) is 0 Å². The summed E-state index contributed by atoms with van der Waals surface area (Å²) in [7, 11) is 3.83. The normalized spacial score (nSPS) is 21.5. The van der Waals surface area contributed by atoms with Crippen molar-refractivity contribution in [3.63, 3.8) is 0 Å². The van der Waals surface area contributed by atoms with Crippen molar-refractivity contribution in [2.24, 2.45) is 0 Å². The molecule has 0 N–H and O–H groups in total. The minimum absolute atomic E-state index is 0.175. The fourth-order valence-corrected chi connectivity index (χ4v) is 5.45. The Labute approximate surface area is 238 Å². The molecule has 9 nitrogen and oxygen atoms in total. The Kier molecular flexibility index (Phi) is 8.64. The smallest absolute Gasteiger partial charge is 0.236 e. The maximum Gasteiger partial charge on any atom is 0.236 e. The van der Waals surface area contributed by atoms with Crippen LogP contribution in [-0.2, 0) is 26.6 Å². The summed E-state index contributed by atoms with van der Waals surface area (Å²) in [4.78, 5) is 22.6. The summed E-state index contributed by atoms with van der Waals surface area (Å²) in [6.45, 7) is 4.56. The number of hydrogen-bond donors (Lipinski definition) is 0. The summed E-state index contributed by atoms with van der Waals surface area (Å²) in [6, 6.07) is 13.3. The van der Waals surface area contributed by atoms with Crippen molar-refractivity contribution >= 4 is 34.8 Å². The lowest BCUT2D eigenvalue weighted by Gasteiger charge is -2.36. The molecule has 2 aliphatic heterocycles. The molecule has 3 heterocycles. The molecule has 3 aromatic rings. The lowest BCUT2D eigenvalue weighted by Crippen LogP contribution is -2.50. The second-order valence-electron chi connectivity index (χ2n) is 10.1. The Balaban J connectivity index is 1.17. The van der Waals surface area contributed by atoms with E-state index >= 15 is 0 Å². The second-order valence-corrected chi connectivity index (χ2v) is 10.9. The average Bonchev–Trinajstić information content (AvgIpc) is 3.58. The van der Waals surface area contributed by atoms with Crippen LogP contribution >= 0.6 is 23.2 Å². The van der Waals surface area contributed by atoms with Crippen LogP contribution in [0, 0.1) is 0 Å². The largest absolute Gasteiger partial charge is 0.491 e. The number of carbonyl (C=O) groups excluding carboxylic acids is 1. The van der Waals surface area contributed by atoms with E-state index in [2.05, 4.69) is 22.0 Å². The van der Waals surface area contributed by atoms with Gasteiger partial charge in [0.2, 0.25) is 11.7 Å². The molecule has 0 spiro atoms. The highest BCUT2D eigenvalue weighted by Crippen LogP contribution is 2.40. The summed E-state index contributed by atoms with van der Waals surface area (Å²) < 4.78 is 20.7. The van der Waals surface area contributed by atoms with Gasteiger partial charge in [0.1, 0.15) is 18.5 Å². The second kappa shape index (κ2) is 12.1. The average molecular weight is 575 g/mol. The van der Waals surface area contributed by atoms with E-state index in [1.54, 1.807) is 24.7 Å². The summed E-state index contributed by atoms with van der Waals surface area (Å²) in [6.07, 6.45) is 4.98. The van der Waals surface area contributed by atoms with Gasteiger partial charge in [0.25, 0.3) is 0 Å². The van der Waals surface area contributed by atoms with E-state index < -0.39 is 5.79 Å². The van der Waals surface area contributed by atoms with Gasteiger partial charge in [-0.1, -0.05) is 29.3 Å². The highest BCUT2D eigenvalue weighted by Gasteiger charge is 2.45. The van der Waals surface area contributed by atoms with Crippen molar-refractivity contribution in [3.05, 3.63) is 76.8 Å². The van der Waals surface area contributed by atoms with Gasteiger partial charge in [0, 0.05) is 54.8 Å². The van der Waals surface area contributed by atoms with Crippen LogP contribution in [0.3, 0.4) is 0 Å². The number of nitrogens with zero attached hydrogens (tertiary/aromatic N) is 5. The molecule has 2 aromatic carbocycles. The topological polar surface area (TPSA) is 72.3 Å². The number of halogens is 2. The first-order chi connectivity index (χ1) is 18.8. The maximum absolute atomic E-state index is 12.3. The lowest BCUT2D eigenvalue weighted by atomic mass is 10.1. The summed E-state index contributed by atoms with van der Waals surface area (Å²) in [5.74, 6) is -0.163. The number of piperazine rings is 1. The Bertz CT molecular complexity index is 1250. The van der Waals surface area contributed by atoms with E-state index in [9.17, 15) is 4.79 Å². The van der Waals surface area contributed by atoms with Crippen LogP contribution in [-0.4, -0.2) is 91.4 Å². The van der Waals surface area contributed by atoms with Crippen LogP contribution in [0.1, 0.15) is 5.56 Å². The van der Waals surface area contributed by atoms with Gasteiger partial charge >= 0.3 is 0 Å². The minimum atomic E-state index is -1.09. The summed E-state index contributed by atoms with van der Waals surface area (Å²) >= 11 is 12.7. The highest BCUT2D eigenvalue weighted by atomic mass is 35.5. The van der Waals surface area contributed by atoms with Gasteiger partial charge in [0.05, 0.1) is 31.0 Å². The molecule has 0 radical (unpaired) electrons.